The second-order valence-electron chi connectivity index (χ2n) is 9.74. The van der Waals surface area contributed by atoms with Gasteiger partial charge in [-0.05, 0) is 30.3 Å². The van der Waals surface area contributed by atoms with E-state index in [2.05, 4.69) is 26.2 Å². The van der Waals surface area contributed by atoms with Crippen LogP contribution in [0.1, 0.15) is 40.1 Å². The molecule has 0 saturated carbocycles. The van der Waals surface area contributed by atoms with E-state index >= 15 is 0 Å². The molecule has 2 aliphatic rings. The molecule has 0 atom stereocenters. The van der Waals surface area contributed by atoms with Crippen LogP contribution in [0.15, 0.2) is 72.8 Å². The molecule has 9 heteroatoms. The standard InChI is InChI=1S/C25H26B3NO5/c1-18(30)20-9-13-23(14-10-20)26-32-27(24-15-11-21(12-16-24)19(2)31)34-28(33-26)25-8-6-5-7-22(25)17-29(28,3)4/h5-16H,17H2,1-4H3. The first kappa shape index (κ1) is 22.8. The Balaban J connectivity index is 1.60. The summed E-state index contributed by atoms with van der Waals surface area (Å²) in [7, 11) is 2.82. The summed E-state index contributed by atoms with van der Waals surface area (Å²) in [6.45, 7) is 1.88. The lowest BCUT2D eigenvalue weighted by atomic mass is 9.53. The third kappa shape index (κ3) is 3.75. The Morgan fingerprint density at radius 2 is 1.24 bits per heavy atom. The third-order valence-electron chi connectivity index (χ3n) is 6.99. The predicted octanol–water partition coefficient (Wildman–Crippen LogP) is 1.68. The van der Waals surface area contributed by atoms with E-state index in [4.69, 9.17) is 13.7 Å². The number of rotatable bonds is 4. The smallest absolute Gasteiger partial charge is 0.478 e. The van der Waals surface area contributed by atoms with E-state index < -0.39 is 20.9 Å². The monoisotopic (exact) mass is 453 g/mol. The maximum Gasteiger partial charge on any atom is 0.478 e. The van der Waals surface area contributed by atoms with Crippen molar-refractivity contribution in [3.8, 4) is 0 Å². The van der Waals surface area contributed by atoms with E-state index in [-0.39, 0.29) is 11.6 Å². The van der Waals surface area contributed by atoms with Gasteiger partial charge in [-0.1, -0.05) is 78.3 Å². The van der Waals surface area contributed by atoms with E-state index in [9.17, 15) is 9.59 Å². The molecule has 34 heavy (non-hydrogen) atoms. The highest BCUT2D eigenvalue weighted by atomic mass is 16.7. The zero-order chi connectivity index (χ0) is 24.1. The quantitative estimate of drug-likeness (QED) is 0.445. The van der Waals surface area contributed by atoms with Crippen molar-refractivity contribution < 1.29 is 27.7 Å². The average Bonchev–Trinajstić information content (AvgIpc) is 3.04. The molecule has 0 aliphatic carbocycles. The number of quaternary nitrogens is 1. The lowest BCUT2D eigenvalue weighted by Crippen LogP contribution is -2.78. The number of ketones is 2. The third-order valence-corrected chi connectivity index (χ3v) is 6.99. The summed E-state index contributed by atoms with van der Waals surface area (Å²) < 4.78 is 20.3. The van der Waals surface area contributed by atoms with Gasteiger partial charge in [0.25, 0.3) is 0 Å². The van der Waals surface area contributed by atoms with E-state index in [1.54, 1.807) is 38.1 Å². The molecule has 3 aromatic carbocycles. The number of carbonyl (C=O) groups is 2. The van der Waals surface area contributed by atoms with Crippen LogP contribution in [0.5, 0.6) is 0 Å². The average molecular weight is 453 g/mol. The molecule has 5 rings (SSSR count). The van der Waals surface area contributed by atoms with Crippen molar-refractivity contribution in [3.63, 3.8) is 0 Å². The summed E-state index contributed by atoms with van der Waals surface area (Å²) in [5.41, 5.74) is 5.11. The molecule has 6 nitrogen and oxygen atoms in total. The molecule has 170 valence electrons. The molecular formula is C25H26B3NO5. The van der Waals surface area contributed by atoms with Crippen LogP contribution in [0.4, 0.5) is 0 Å². The van der Waals surface area contributed by atoms with Gasteiger partial charge in [0.2, 0.25) is 0 Å². The maximum absolute atomic E-state index is 11.8. The number of Topliss-reactive ketones (excluding diaryl/α,β-unsaturated/α-hetero) is 2. The minimum absolute atomic E-state index is 0.00649. The Morgan fingerprint density at radius 3 is 1.71 bits per heavy atom. The molecule has 0 N–H and O–H groups in total. The fourth-order valence-corrected chi connectivity index (χ4v) is 5.05. The first-order valence-corrected chi connectivity index (χ1v) is 11.5. The summed E-state index contributed by atoms with van der Waals surface area (Å²) in [4.78, 5) is 23.5. The van der Waals surface area contributed by atoms with Gasteiger partial charge in [0.05, 0.1) is 6.54 Å². The topological polar surface area (TPSA) is 61.8 Å². The highest BCUT2D eigenvalue weighted by Crippen LogP contribution is 2.33. The number of benzene rings is 3. The minimum Gasteiger partial charge on any atom is -0.551 e. The summed E-state index contributed by atoms with van der Waals surface area (Å²) >= 11 is 0. The van der Waals surface area contributed by atoms with Crippen LogP contribution in [-0.4, -0.2) is 51.0 Å². The Labute approximate surface area is 200 Å². The van der Waals surface area contributed by atoms with Crippen molar-refractivity contribution in [2.45, 2.75) is 20.4 Å². The number of fused-ring (bicyclic) bond motifs is 2. The van der Waals surface area contributed by atoms with Gasteiger partial charge in [0.1, 0.15) is 0 Å². The van der Waals surface area contributed by atoms with E-state index in [1.807, 2.05) is 36.4 Å². The van der Waals surface area contributed by atoms with Crippen LogP contribution in [-0.2, 0) is 20.3 Å². The Morgan fingerprint density at radius 1 is 0.765 bits per heavy atom. The molecule has 0 unspecified atom stereocenters. The summed E-state index contributed by atoms with van der Waals surface area (Å²) in [6, 6.07) is 22.9. The van der Waals surface area contributed by atoms with E-state index in [0.29, 0.717) is 15.5 Å². The lowest BCUT2D eigenvalue weighted by molar-refractivity contribution is -0.814. The zero-order valence-electron chi connectivity index (χ0n) is 19.9. The van der Waals surface area contributed by atoms with Gasteiger partial charge >= 0.3 is 20.9 Å². The Hall–Kier alpha value is -2.97. The molecule has 1 spiro atoms. The van der Waals surface area contributed by atoms with Crippen molar-refractivity contribution in [3.05, 3.63) is 89.5 Å². The molecule has 1 fully saturated rings. The minimum atomic E-state index is -1.98. The largest absolute Gasteiger partial charge is 0.551 e. The summed E-state index contributed by atoms with van der Waals surface area (Å²) in [6.07, 6.45) is 0. The highest BCUT2D eigenvalue weighted by Gasteiger charge is 2.59. The lowest BCUT2D eigenvalue weighted by Gasteiger charge is -2.55. The Kier molecular flexibility index (Phi) is 5.61. The molecule has 0 aromatic heterocycles. The maximum atomic E-state index is 11.8. The van der Waals surface area contributed by atoms with Crippen molar-refractivity contribution in [1.29, 1.82) is 0 Å². The van der Waals surface area contributed by atoms with Crippen molar-refractivity contribution in [1.82, 2.24) is 0 Å². The second-order valence-corrected chi connectivity index (χ2v) is 9.74. The van der Waals surface area contributed by atoms with Crippen LogP contribution < -0.4 is 16.4 Å². The fourth-order valence-electron chi connectivity index (χ4n) is 5.05. The van der Waals surface area contributed by atoms with Crippen LogP contribution in [0.3, 0.4) is 0 Å². The van der Waals surface area contributed by atoms with Gasteiger partial charge in [-0.2, -0.15) is 0 Å². The Bertz CT molecular complexity index is 1190. The molecule has 2 heterocycles. The number of carbonyl (C=O) groups excluding carboxylic acids is 2. The van der Waals surface area contributed by atoms with Crippen molar-refractivity contribution in [2.75, 3.05) is 14.1 Å². The molecule has 1 saturated heterocycles. The van der Waals surface area contributed by atoms with Crippen molar-refractivity contribution >= 4 is 48.9 Å². The predicted molar refractivity (Wildman–Crippen MR) is 135 cm³/mol. The molecule has 3 aromatic rings. The molecule has 0 bridgehead atoms. The van der Waals surface area contributed by atoms with Gasteiger partial charge in [-0.15, -0.1) is 0 Å². The first-order chi connectivity index (χ1) is 16.2. The number of hydrogen-bond donors (Lipinski definition) is 0. The zero-order valence-corrected chi connectivity index (χ0v) is 19.9. The van der Waals surface area contributed by atoms with Gasteiger partial charge in [-0.25, -0.2) is 0 Å². The van der Waals surface area contributed by atoms with Crippen LogP contribution in [0.2, 0.25) is 0 Å². The second kappa shape index (κ2) is 8.36. The molecule has 0 amide bonds. The fraction of sp³-hybridized carbons (Fsp3) is 0.200. The van der Waals surface area contributed by atoms with Gasteiger partial charge in [0.15, 0.2) is 11.6 Å². The first-order valence-electron chi connectivity index (χ1n) is 11.5. The molecular weight excluding hydrogens is 427 g/mol. The van der Waals surface area contributed by atoms with Crippen LogP contribution >= 0.6 is 0 Å². The van der Waals surface area contributed by atoms with E-state index in [1.165, 1.54) is 5.56 Å². The molecule has 2 aliphatic heterocycles. The van der Waals surface area contributed by atoms with Gasteiger partial charge in [-0.3, -0.25) is 9.59 Å². The number of hydrogen-bond acceptors (Lipinski definition) is 5. The van der Waals surface area contributed by atoms with Crippen molar-refractivity contribution in [2.24, 2.45) is 0 Å². The van der Waals surface area contributed by atoms with E-state index in [0.717, 1.165) is 22.9 Å². The molecule has 0 radical (unpaired) electrons. The van der Waals surface area contributed by atoms with Gasteiger partial charge < -0.3 is 18.1 Å². The SMILES string of the molecule is CC(=O)c1ccc(B2OB(c3ccc(C(C)=O)cc3)O[B-]3(O2)c2ccccc2C[N+]3(C)C)cc1. The van der Waals surface area contributed by atoms with Gasteiger partial charge in [0, 0.05) is 25.2 Å². The highest BCUT2D eigenvalue weighted by molar-refractivity contribution is 6.93. The van der Waals surface area contributed by atoms with Crippen LogP contribution in [0.25, 0.3) is 0 Å². The number of nitrogens with zero attached hydrogens (tertiary/aromatic N) is 1. The normalized spacial score (nSPS) is 18.1. The summed E-state index contributed by atoms with van der Waals surface area (Å²) in [5.74, 6) is 0.0130. The van der Waals surface area contributed by atoms with Crippen LogP contribution in [0, 0.1) is 0 Å². The summed E-state index contributed by atoms with van der Waals surface area (Å²) in [5, 5.41) is 0.